The zero-order valence-electron chi connectivity index (χ0n) is 6.41. The van der Waals surface area contributed by atoms with Gasteiger partial charge in [-0.05, 0) is 36.1 Å². The van der Waals surface area contributed by atoms with Crippen molar-refractivity contribution in [1.29, 1.82) is 0 Å². The first kappa shape index (κ1) is 6.47. The summed E-state index contributed by atoms with van der Waals surface area (Å²) in [5, 5.41) is 1.20. The molecule has 0 unspecified atom stereocenters. The highest BCUT2D eigenvalue weighted by Crippen LogP contribution is 2.15. The fourth-order valence-electron chi connectivity index (χ4n) is 1.30. The Balaban J connectivity index is 2.86. The molecule has 0 spiro atoms. The molecular weight excluding hydrogens is 134 g/mol. The van der Waals surface area contributed by atoms with Crippen molar-refractivity contribution in [1.82, 2.24) is 4.57 Å². The zero-order valence-corrected chi connectivity index (χ0v) is 6.41. The van der Waals surface area contributed by atoms with E-state index in [2.05, 4.69) is 10.6 Å². The van der Waals surface area contributed by atoms with Gasteiger partial charge in [0.05, 0.1) is 0 Å². The fourth-order valence-corrected chi connectivity index (χ4v) is 1.30. The number of hydrogen-bond donors (Lipinski definition) is 0. The standard InChI is InChI=1S/C10H9N/c1-8-3-4-10-9(7-8)5-6-11(10)2/h1,3-7H,2H3. The molecule has 1 heterocycles. The molecule has 0 aliphatic carbocycles. The SMILES string of the molecule is [CH]c1ccc2c(ccn2C)c1. The Morgan fingerprint density at radius 2 is 2.09 bits per heavy atom. The van der Waals surface area contributed by atoms with Gasteiger partial charge in [-0.3, -0.25) is 0 Å². The first-order valence-corrected chi connectivity index (χ1v) is 3.58. The number of nitrogens with zero attached hydrogens (tertiary/aromatic N) is 1. The molecule has 1 aromatic carbocycles. The third kappa shape index (κ3) is 0.929. The molecule has 0 saturated carbocycles. The van der Waals surface area contributed by atoms with Crippen molar-refractivity contribution in [2.75, 3.05) is 0 Å². The van der Waals surface area contributed by atoms with Crippen LogP contribution in [0.3, 0.4) is 0 Å². The van der Waals surface area contributed by atoms with E-state index in [0.717, 1.165) is 5.56 Å². The van der Waals surface area contributed by atoms with Gasteiger partial charge in [-0.1, -0.05) is 6.07 Å². The second-order valence-corrected chi connectivity index (χ2v) is 2.74. The number of benzene rings is 1. The maximum absolute atomic E-state index is 5.62. The first-order chi connectivity index (χ1) is 5.27. The van der Waals surface area contributed by atoms with Crippen LogP contribution in [-0.2, 0) is 7.05 Å². The summed E-state index contributed by atoms with van der Waals surface area (Å²) in [6, 6.07) is 7.99. The Bertz CT molecular complexity index is 385. The first-order valence-electron chi connectivity index (χ1n) is 3.58. The van der Waals surface area contributed by atoms with Gasteiger partial charge in [0.2, 0.25) is 0 Å². The summed E-state index contributed by atoms with van der Waals surface area (Å²) in [6.45, 7) is 5.62. The average Bonchev–Trinajstić information content (AvgIpc) is 2.32. The monoisotopic (exact) mass is 143 g/mol. The van der Waals surface area contributed by atoms with Crippen molar-refractivity contribution in [2.45, 2.75) is 0 Å². The van der Waals surface area contributed by atoms with E-state index in [1.807, 2.05) is 31.4 Å². The second kappa shape index (κ2) is 2.12. The van der Waals surface area contributed by atoms with Gasteiger partial charge in [0, 0.05) is 18.8 Å². The van der Waals surface area contributed by atoms with Crippen LogP contribution in [0.5, 0.6) is 0 Å². The van der Waals surface area contributed by atoms with Gasteiger partial charge in [0.25, 0.3) is 0 Å². The van der Waals surface area contributed by atoms with E-state index >= 15 is 0 Å². The molecule has 0 aliphatic heterocycles. The minimum Gasteiger partial charge on any atom is -0.351 e. The van der Waals surface area contributed by atoms with Crippen molar-refractivity contribution in [3.63, 3.8) is 0 Å². The van der Waals surface area contributed by atoms with E-state index in [1.165, 1.54) is 10.9 Å². The van der Waals surface area contributed by atoms with Crippen molar-refractivity contribution in [3.05, 3.63) is 42.9 Å². The molecule has 2 aromatic rings. The van der Waals surface area contributed by atoms with Gasteiger partial charge < -0.3 is 4.57 Å². The molecule has 2 rings (SSSR count). The van der Waals surface area contributed by atoms with Gasteiger partial charge in [0.1, 0.15) is 0 Å². The Morgan fingerprint density at radius 3 is 2.91 bits per heavy atom. The van der Waals surface area contributed by atoms with Gasteiger partial charge >= 0.3 is 0 Å². The maximum atomic E-state index is 5.62. The molecule has 1 nitrogen and oxygen atoms in total. The lowest BCUT2D eigenvalue weighted by atomic mass is 10.2. The molecule has 1 heteroatoms. The predicted octanol–water partition coefficient (Wildman–Crippen LogP) is 2.24. The maximum Gasteiger partial charge on any atom is 0.0477 e. The smallest absolute Gasteiger partial charge is 0.0477 e. The van der Waals surface area contributed by atoms with Crippen LogP contribution in [0.2, 0.25) is 0 Å². The predicted molar refractivity (Wildman–Crippen MR) is 46.3 cm³/mol. The van der Waals surface area contributed by atoms with E-state index < -0.39 is 0 Å². The Labute approximate surface area is 66.3 Å². The van der Waals surface area contributed by atoms with E-state index in [0.29, 0.717) is 0 Å². The molecule has 2 radical (unpaired) electrons. The molecule has 0 N–H and O–H groups in total. The minimum absolute atomic E-state index is 0.823. The van der Waals surface area contributed by atoms with E-state index in [4.69, 9.17) is 6.92 Å². The highest BCUT2D eigenvalue weighted by atomic mass is 14.9. The average molecular weight is 143 g/mol. The van der Waals surface area contributed by atoms with Crippen LogP contribution < -0.4 is 0 Å². The van der Waals surface area contributed by atoms with E-state index in [9.17, 15) is 0 Å². The van der Waals surface area contributed by atoms with Crippen LogP contribution >= 0.6 is 0 Å². The van der Waals surface area contributed by atoms with E-state index in [1.54, 1.807) is 0 Å². The van der Waals surface area contributed by atoms with Gasteiger partial charge in [-0.15, -0.1) is 0 Å². The molecule has 0 fully saturated rings. The van der Waals surface area contributed by atoms with Crippen molar-refractivity contribution >= 4 is 10.9 Å². The van der Waals surface area contributed by atoms with Crippen molar-refractivity contribution < 1.29 is 0 Å². The minimum atomic E-state index is 0.823. The number of aryl methyl sites for hydroxylation is 1. The third-order valence-electron chi connectivity index (χ3n) is 1.91. The summed E-state index contributed by atoms with van der Waals surface area (Å²) in [4.78, 5) is 0. The lowest BCUT2D eigenvalue weighted by Gasteiger charge is -1.95. The highest BCUT2D eigenvalue weighted by molar-refractivity contribution is 5.80. The van der Waals surface area contributed by atoms with Crippen LogP contribution in [0.25, 0.3) is 10.9 Å². The van der Waals surface area contributed by atoms with Crippen LogP contribution in [0.1, 0.15) is 5.56 Å². The zero-order chi connectivity index (χ0) is 7.84. The Morgan fingerprint density at radius 1 is 1.27 bits per heavy atom. The number of hydrogen-bond acceptors (Lipinski definition) is 0. The number of rotatable bonds is 0. The highest BCUT2D eigenvalue weighted by Gasteiger charge is 1.95. The van der Waals surface area contributed by atoms with Gasteiger partial charge in [-0.25, -0.2) is 0 Å². The quantitative estimate of drug-likeness (QED) is 0.533. The molecule has 0 amide bonds. The Kier molecular flexibility index (Phi) is 1.25. The number of aromatic nitrogens is 1. The van der Waals surface area contributed by atoms with Gasteiger partial charge in [0.15, 0.2) is 0 Å². The summed E-state index contributed by atoms with van der Waals surface area (Å²) in [5.74, 6) is 0. The normalized spacial score (nSPS) is 10.7. The summed E-state index contributed by atoms with van der Waals surface area (Å²) in [7, 11) is 2.03. The van der Waals surface area contributed by atoms with Crippen LogP contribution in [0.4, 0.5) is 0 Å². The van der Waals surface area contributed by atoms with Crippen LogP contribution in [0.15, 0.2) is 30.5 Å². The molecule has 0 bridgehead atoms. The summed E-state index contributed by atoms with van der Waals surface area (Å²) < 4.78 is 2.08. The second-order valence-electron chi connectivity index (χ2n) is 2.74. The topological polar surface area (TPSA) is 4.93 Å². The summed E-state index contributed by atoms with van der Waals surface area (Å²) in [5.41, 5.74) is 2.04. The molecule has 54 valence electrons. The third-order valence-corrected chi connectivity index (χ3v) is 1.91. The molecule has 0 saturated heterocycles. The largest absolute Gasteiger partial charge is 0.351 e. The molecule has 1 aromatic heterocycles. The van der Waals surface area contributed by atoms with Crippen molar-refractivity contribution in [2.24, 2.45) is 7.05 Å². The fraction of sp³-hybridized carbons (Fsp3) is 0.100. The van der Waals surface area contributed by atoms with Crippen LogP contribution in [0, 0.1) is 6.92 Å². The molecule has 0 aliphatic rings. The van der Waals surface area contributed by atoms with Crippen molar-refractivity contribution in [3.8, 4) is 0 Å². The lowest BCUT2D eigenvalue weighted by molar-refractivity contribution is 0.969. The summed E-state index contributed by atoms with van der Waals surface area (Å²) in [6.07, 6.45) is 2.03. The van der Waals surface area contributed by atoms with E-state index in [-0.39, 0.29) is 0 Å². The lowest BCUT2D eigenvalue weighted by Crippen LogP contribution is -1.82. The number of fused-ring (bicyclic) bond motifs is 1. The van der Waals surface area contributed by atoms with Gasteiger partial charge in [-0.2, -0.15) is 0 Å². The Hall–Kier alpha value is -1.24. The molecular formula is C10H9N. The molecule has 0 atom stereocenters. The molecule has 11 heavy (non-hydrogen) atoms. The van der Waals surface area contributed by atoms with Crippen LogP contribution in [-0.4, -0.2) is 4.57 Å². The summed E-state index contributed by atoms with van der Waals surface area (Å²) >= 11 is 0.